The van der Waals surface area contributed by atoms with E-state index in [4.69, 9.17) is 0 Å². The van der Waals surface area contributed by atoms with E-state index in [1.807, 2.05) is 35.0 Å². The number of nitrogens with zero attached hydrogens (tertiary/aromatic N) is 2. The highest BCUT2D eigenvalue weighted by atomic mass is 16.4. The van der Waals surface area contributed by atoms with Crippen LogP contribution in [0.2, 0.25) is 0 Å². The predicted octanol–water partition coefficient (Wildman–Crippen LogP) is 3.22. The van der Waals surface area contributed by atoms with Gasteiger partial charge in [0.05, 0.1) is 6.04 Å². The van der Waals surface area contributed by atoms with E-state index in [0.29, 0.717) is 11.6 Å². The van der Waals surface area contributed by atoms with E-state index in [1.54, 1.807) is 6.20 Å². The molecule has 1 unspecified atom stereocenters. The molecule has 3 rings (SSSR count). The van der Waals surface area contributed by atoms with Crippen molar-refractivity contribution >= 4 is 5.97 Å². The maximum absolute atomic E-state index is 11.4. The second kappa shape index (κ2) is 4.53. The summed E-state index contributed by atoms with van der Waals surface area (Å²) in [6, 6.07) is 9.75. The fourth-order valence-electron chi connectivity index (χ4n) is 2.36. The van der Waals surface area contributed by atoms with Gasteiger partial charge in [-0.05, 0) is 25.7 Å². The number of benzene rings is 1. The fraction of sp³-hybridized carbons (Fsp3) is 0.333. The Kier molecular flexibility index (Phi) is 2.85. The lowest BCUT2D eigenvalue weighted by Crippen LogP contribution is -2.07. The van der Waals surface area contributed by atoms with Crippen LogP contribution in [0.3, 0.4) is 0 Å². The Morgan fingerprint density at radius 2 is 2.05 bits per heavy atom. The first-order valence-corrected chi connectivity index (χ1v) is 6.54. The summed E-state index contributed by atoms with van der Waals surface area (Å²) >= 11 is 0. The van der Waals surface area contributed by atoms with E-state index >= 15 is 0 Å². The van der Waals surface area contributed by atoms with Gasteiger partial charge in [0.1, 0.15) is 11.3 Å². The molecule has 1 heterocycles. The molecule has 4 heteroatoms. The van der Waals surface area contributed by atoms with Crippen LogP contribution in [-0.4, -0.2) is 20.9 Å². The molecule has 1 fully saturated rings. The van der Waals surface area contributed by atoms with Crippen molar-refractivity contribution in [1.29, 1.82) is 0 Å². The zero-order valence-corrected chi connectivity index (χ0v) is 10.8. The molecular formula is C15H16N2O2. The second-order valence-corrected chi connectivity index (χ2v) is 5.12. The smallest absolute Gasteiger partial charge is 0.339 e. The second-order valence-electron chi connectivity index (χ2n) is 5.12. The highest BCUT2D eigenvalue weighted by Crippen LogP contribution is 2.39. The van der Waals surface area contributed by atoms with Gasteiger partial charge in [0.2, 0.25) is 0 Å². The Morgan fingerprint density at radius 1 is 1.37 bits per heavy atom. The van der Waals surface area contributed by atoms with Crippen LogP contribution in [0.4, 0.5) is 0 Å². The molecule has 0 amide bonds. The average molecular weight is 256 g/mol. The maximum atomic E-state index is 11.4. The third kappa shape index (κ3) is 2.26. The number of aromatic carboxylic acids is 1. The van der Waals surface area contributed by atoms with Crippen LogP contribution in [-0.2, 0) is 0 Å². The van der Waals surface area contributed by atoms with Gasteiger partial charge in [-0.3, -0.25) is 4.68 Å². The molecule has 1 aromatic carbocycles. The minimum atomic E-state index is -0.923. The molecule has 0 aliphatic heterocycles. The first-order valence-electron chi connectivity index (χ1n) is 6.54. The van der Waals surface area contributed by atoms with E-state index in [1.165, 1.54) is 12.8 Å². The van der Waals surface area contributed by atoms with E-state index in [2.05, 4.69) is 12.0 Å². The summed E-state index contributed by atoms with van der Waals surface area (Å²) in [7, 11) is 0. The van der Waals surface area contributed by atoms with Gasteiger partial charge in [0, 0.05) is 11.8 Å². The van der Waals surface area contributed by atoms with Crippen molar-refractivity contribution in [2.45, 2.75) is 25.8 Å². The van der Waals surface area contributed by atoms with Gasteiger partial charge < -0.3 is 5.11 Å². The standard InChI is InChI=1S/C15H16N2O2/c1-10(11-7-8-11)17-9-13(15(18)19)14(16-17)12-5-3-2-4-6-12/h2-6,9-11H,7-8H2,1H3,(H,18,19). The van der Waals surface area contributed by atoms with E-state index in [-0.39, 0.29) is 11.6 Å². The molecule has 1 N–H and O–H groups in total. The lowest BCUT2D eigenvalue weighted by Gasteiger charge is -2.09. The van der Waals surface area contributed by atoms with E-state index in [9.17, 15) is 9.90 Å². The normalized spacial score (nSPS) is 16.3. The topological polar surface area (TPSA) is 55.1 Å². The summed E-state index contributed by atoms with van der Waals surface area (Å²) in [4.78, 5) is 11.4. The number of rotatable bonds is 4. The largest absolute Gasteiger partial charge is 0.478 e. The Balaban J connectivity index is 2.04. The number of hydrogen-bond donors (Lipinski definition) is 1. The van der Waals surface area contributed by atoms with Gasteiger partial charge in [0.25, 0.3) is 0 Å². The Bertz CT molecular complexity index is 600. The van der Waals surface area contributed by atoms with Crippen LogP contribution in [0.25, 0.3) is 11.3 Å². The van der Waals surface area contributed by atoms with Gasteiger partial charge in [-0.25, -0.2) is 4.79 Å². The van der Waals surface area contributed by atoms with Gasteiger partial charge >= 0.3 is 5.97 Å². The molecule has 1 saturated carbocycles. The van der Waals surface area contributed by atoms with Crippen molar-refractivity contribution < 1.29 is 9.90 Å². The zero-order chi connectivity index (χ0) is 13.4. The molecule has 1 atom stereocenters. The molecule has 19 heavy (non-hydrogen) atoms. The minimum absolute atomic E-state index is 0.274. The van der Waals surface area contributed by atoms with Crippen molar-refractivity contribution in [1.82, 2.24) is 9.78 Å². The zero-order valence-electron chi connectivity index (χ0n) is 10.8. The molecule has 0 spiro atoms. The SMILES string of the molecule is CC(C1CC1)n1cc(C(=O)O)c(-c2ccccc2)n1. The maximum Gasteiger partial charge on any atom is 0.339 e. The third-order valence-corrected chi connectivity index (χ3v) is 3.73. The molecule has 0 saturated heterocycles. The molecule has 2 aromatic rings. The Morgan fingerprint density at radius 3 is 2.63 bits per heavy atom. The summed E-state index contributed by atoms with van der Waals surface area (Å²) in [5.41, 5.74) is 1.68. The third-order valence-electron chi connectivity index (χ3n) is 3.73. The Hall–Kier alpha value is -2.10. The molecule has 1 aromatic heterocycles. The summed E-state index contributed by atoms with van der Waals surface area (Å²) in [5.74, 6) is -0.279. The molecular weight excluding hydrogens is 240 g/mol. The minimum Gasteiger partial charge on any atom is -0.478 e. The fourth-order valence-corrected chi connectivity index (χ4v) is 2.36. The Labute approximate surface area is 111 Å². The number of carboxylic acids is 1. The average Bonchev–Trinajstić information content (AvgIpc) is 3.17. The predicted molar refractivity (Wildman–Crippen MR) is 72.1 cm³/mol. The number of hydrogen-bond acceptors (Lipinski definition) is 2. The van der Waals surface area contributed by atoms with E-state index in [0.717, 1.165) is 5.56 Å². The molecule has 0 radical (unpaired) electrons. The van der Waals surface area contributed by atoms with Crippen LogP contribution in [0.15, 0.2) is 36.5 Å². The van der Waals surface area contributed by atoms with Crippen molar-refractivity contribution in [2.75, 3.05) is 0 Å². The van der Waals surface area contributed by atoms with Crippen molar-refractivity contribution in [3.63, 3.8) is 0 Å². The molecule has 1 aliphatic rings. The molecule has 1 aliphatic carbocycles. The van der Waals surface area contributed by atoms with Crippen LogP contribution in [0, 0.1) is 5.92 Å². The quantitative estimate of drug-likeness (QED) is 0.913. The summed E-state index contributed by atoms with van der Waals surface area (Å²) < 4.78 is 1.81. The van der Waals surface area contributed by atoms with Crippen LogP contribution < -0.4 is 0 Å². The van der Waals surface area contributed by atoms with Crippen molar-refractivity contribution in [3.05, 3.63) is 42.1 Å². The number of carboxylic acid groups (broad SMARTS) is 1. The van der Waals surface area contributed by atoms with Crippen LogP contribution in [0.5, 0.6) is 0 Å². The summed E-state index contributed by atoms with van der Waals surface area (Å²) in [5, 5.41) is 13.8. The van der Waals surface area contributed by atoms with Gasteiger partial charge in [0.15, 0.2) is 0 Å². The summed E-state index contributed by atoms with van der Waals surface area (Å²) in [6.45, 7) is 2.10. The van der Waals surface area contributed by atoms with Gasteiger partial charge in [-0.2, -0.15) is 5.10 Å². The summed E-state index contributed by atoms with van der Waals surface area (Å²) in [6.07, 6.45) is 4.09. The first kappa shape index (κ1) is 12.0. The van der Waals surface area contributed by atoms with Crippen LogP contribution >= 0.6 is 0 Å². The van der Waals surface area contributed by atoms with Crippen LogP contribution in [0.1, 0.15) is 36.2 Å². The molecule has 4 nitrogen and oxygen atoms in total. The van der Waals surface area contributed by atoms with Gasteiger partial charge in [-0.1, -0.05) is 30.3 Å². The molecule has 0 bridgehead atoms. The number of carbonyl (C=O) groups is 1. The molecule has 98 valence electrons. The highest BCUT2D eigenvalue weighted by Gasteiger charge is 2.31. The van der Waals surface area contributed by atoms with Crippen molar-refractivity contribution in [3.8, 4) is 11.3 Å². The van der Waals surface area contributed by atoms with Gasteiger partial charge in [-0.15, -0.1) is 0 Å². The highest BCUT2D eigenvalue weighted by molar-refractivity contribution is 5.94. The van der Waals surface area contributed by atoms with Crippen molar-refractivity contribution in [2.24, 2.45) is 5.92 Å². The first-order chi connectivity index (χ1) is 9.16. The lowest BCUT2D eigenvalue weighted by atomic mass is 10.1. The number of aromatic nitrogens is 2. The lowest BCUT2D eigenvalue weighted by molar-refractivity contribution is 0.0697. The monoisotopic (exact) mass is 256 g/mol. The van der Waals surface area contributed by atoms with E-state index < -0.39 is 5.97 Å².